The number of carbonyl (C=O) groups is 2. The third-order valence-corrected chi connectivity index (χ3v) is 6.56. The lowest BCUT2D eigenvalue weighted by Crippen LogP contribution is -2.49. The third kappa shape index (κ3) is 4.60. The Labute approximate surface area is 180 Å². The molecular weight excluding hydrogens is 402 g/mol. The van der Waals surface area contributed by atoms with Gasteiger partial charge in [-0.3, -0.25) is 4.90 Å². The van der Waals surface area contributed by atoms with E-state index in [0.29, 0.717) is 30.4 Å². The van der Waals surface area contributed by atoms with Crippen LogP contribution in [0, 0.1) is 0 Å². The Hall–Kier alpha value is -2.58. The van der Waals surface area contributed by atoms with E-state index in [9.17, 15) is 9.59 Å². The number of urea groups is 1. The highest BCUT2D eigenvalue weighted by Crippen LogP contribution is 2.32. The number of hydrogen-bond donors (Lipinski definition) is 2. The van der Waals surface area contributed by atoms with Gasteiger partial charge in [0.2, 0.25) is 0 Å². The van der Waals surface area contributed by atoms with E-state index in [1.807, 2.05) is 29.6 Å². The largest absolute Gasteiger partial charge is 0.468 e. The van der Waals surface area contributed by atoms with E-state index in [0.717, 1.165) is 23.5 Å². The second kappa shape index (κ2) is 9.49. The molecule has 3 heterocycles. The van der Waals surface area contributed by atoms with Crippen molar-refractivity contribution in [2.24, 2.45) is 0 Å². The molecule has 1 aliphatic heterocycles. The van der Waals surface area contributed by atoms with E-state index in [2.05, 4.69) is 15.5 Å². The summed E-state index contributed by atoms with van der Waals surface area (Å²) in [6.07, 6.45) is 6.25. The van der Waals surface area contributed by atoms with Crippen LogP contribution in [-0.2, 0) is 16.1 Å². The monoisotopic (exact) mass is 429 g/mol. The van der Waals surface area contributed by atoms with Gasteiger partial charge in [0.05, 0.1) is 31.0 Å². The number of hydrogen-bond acceptors (Lipinski definition) is 6. The first kappa shape index (κ1) is 20.7. The Morgan fingerprint density at radius 1 is 1.27 bits per heavy atom. The summed E-state index contributed by atoms with van der Waals surface area (Å²) in [5, 5.41) is 7.72. The summed E-state index contributed by atoms with van der Waals surface area (Å²) in [6.45, 7) is 3.15. The van der Waals surface area contributed by atoms with Crippen LogP contribution in [0.2, 0.25) is 0 Å². The summed E-state index contributed by atoms with van der Waals surface area (Å²) in [4.78, 5) is 28.6. The molecule has 0 radical (unpaired) electrons. The van der Waals surface area contributed by atoms with Gasteiger partial charge in [0.15, 0.2) is 0 Å². The van der Waals surface area contributed by atoms with E-state index in [-0.39, 0.29) is 12.6 Å². The van der Waals surface area contributed by atoms with Gasteiger partial charge in [0.1, 0.15) is 5.76 Å². The van der Waals surface area contributed by atoms with Crippen LogP contribution in [0.3, 0.4) is 0 Å². The molecule has 8 heteroatoms. The van der Waals surface area contributed by atoms with Gasteiger partial charge >= 0.3 is 12.0 Å². The predicted octanol–water partition coefficient (Wildman–Crippen LogP) is 3.96. The first-order valence-electron chi connectivity index (χ1n) is 10.4. The maximum absolute atomic E-state index is 12.9. The Morgan fingerprint density at radius 2 is 2.10 bits per heavy atom. The van der Waals surface area contributed by atoms with E-state index < -0.39 is 12.0 Å². The summed E-state index contributed by atoms with van der Waals surface area (Å²) >= 11 is 1.51. The van der Waals surface area contributed by atoms with Crippen LogP contribution < -0.4 is 10.6 Å². The first-order valence-corrected chi connectivity index (χ1v) is 11.3. The highest BCUT2D eigenvalue weighted by Gasteiger charge is 2.36. The fourth-order valence-corrected chi connectivity index (χ4v) is 5.04. The third-order valence-electron chi connectivity index (χ3n) is 5.62. The van der Waals surface area contributed by atoms with Gasteiger partial charge in [-0.25, -0.2) is 9.59 Å². The van der Waals surface area contributed by atoms with Gasteiger partial charge < -0.3 is 19.8 Å². The zero-order valence-electron chi connectivity index (χ0n) is 17.1. The molecule has 2 aromatic rings. The van der Waals surface area contributed by atoms with Crippen LogP contribution in [0.15, 0.2) is 51.6 Å². The van der Waals surface area contributed by atoms with Gasteiger partial charge in [-0.1, -0.05) is 18.9 Å². The number of esters is 1. The lowest BCUT2D eigenvalue weighted by molar-refractivity contribution is -0.139. The molecule has 160 valence electrons. The van der Waals surface area contributed by atoms with Crippen molar-refractivity contribution in [1.82, 2.24) is 15.5 Å². The molecule has 0 saturated heterocycles. The summed E-state index contributed by atoms with van der Waals surface area (Å²) in [7, 11) is 0. The molecule has 1 fully saturated rings. The molecule has 1 saturated carbocycles. The molecule has 2 aliphatic rings. The maximum Gasteiger partial charge on any atom is 0.338 e. The standard InChI is InChI=1S/C22H27N3O4S/c1-2-28-21(26)19-17(23-22(27)24-20(19)18-10-6-12-30-18)14-25(15-7-3-4-8-15)13-16-9-5-11-29-16/h5-6,9-12,15,20H,2-4,7-8,13-14H2,1H3,(H2,23,24,27)/t20-/m0/s1. The number of carbonyl (C=O) groups excluding carboxylic acids is 2. The number of thiophene rings is 1. The minimum Gasteiger partial charge on any atom is -0.468 e. The fourth-order valence-electron chi connectivity index (χ4n) is 4.25. The molecule has 2 amide bonds. The zero-order chi connectivity index (χ0) is 20.9. The first-order chi connectivity index (χ1) is 14.7. The molecule has 30 heavy (non-hydrogen) atoms. The number of nitrogens with zero attached hydrogens (tertiary/aromatic N) is 1. The van der Waals surface area contributed by atoms with Gasteiger partial charge in [0, 0.05) is 23.2 Å². The topological polar surface area (TPSA) is 83.8 Å². The molecule has 0 aromatic carbocycles. The number of furan rings is 1. The van der Waals surface area contributed by atoms with Crippen molar-refractivity contribution in [2.75, 3.05) is 13.2 Å². The summed E-state index contributed by atoms with van der Waals surface area (Å²) in [5.74, 6) is 0.470. The van der Waals surface area contributed by atoms with Gasteiger partial charge in [-0.2, -0.15) is 0 Å². The lowest BCUT2D eigenvalue weighted by Gasteiger charge is -2.33. The smallest absolute Gasteiger partial charge is 0.338 e. The van der Waals surface area contributed by atoms with Gasteiger partial charge in [-0.05, 0) is 43.3 Å². The number of nitrogens with one attached hydrogen (secondary N) is 2. The summed E-state index contributed by atoms with van der Waals surface area (Å²) in [6, 6.07) is 7.25. The Bertz CT molecular complexity index is 886. The minimum absolute atomic E-state index is 0.277. The Morgan fingerprint density at radius 3 is 2.77 bits per heavy atom. The average molecular weight is 430 g/mol. The van der Waals surface area contributed by atoms with Gasteiger partial charge in [0.25, 0.3) is 0 Å². The molecular formula is C22H27N3O4S. The molecule has 7 nitrogen and oxygen atoms in total. The zero-order valence-corrected chi connectivity index (χ0v) is 17.9. The van der Waals surface area contributed by atoms with Crippen LogP contribution in [-0.4, -0.2) is 36.1 Å². The molecule has 2 aromatic heterocycles. The van der Waals surface area contributed by atoms with Crippen LogP contribution in [0.1, 0.15) is 49.3 Å². The lowest BCUT2D eigenvalue weighted by atomic mass is 10.00. The minimum atomic E-state index is -0.512. The molecule has 0 bridgehead atoms. The van der Waals surface area contributed by atoms with Crippen LogP contribution >= 0.6 is 11.3 Å². The van der Waals surface area contributed by atoms with E-state index in [4.69, 9.17) is 9.15 Å². The summed E-state index contributed by atoms with van der Waals surface area (Å²) in [5.41, 5.74) is 1.08. The predicted molar refractivity (Wildman–Crippen MR) is 114 cm³/mol. The quantitative estimate of drug-likeness (QED) is 0.621. The second-order valence-electron chi connectivity index (χ2n) is 7.58. The number of amides is 2. The fraction of sp³-hybridized carbons (Fsp3) is 0.455. The van der Waals surface area contributed by atoms with E-state index in [1.54, 1.807) is 13.2 Å². The van der Waals surface area contributed by atoms with Gasteiger partial charge in [-0.15, -0.1) is 11.3 Å². The van der Waals surface area contributed by atoms with Crippen molar-refractivity contribution in [3.63, 3.8) is 0 Å². The van der Waals surface area contributed by atoms with Crippen LogP contribution in [0.4, 0.5) is 4.79 Å². The Kier molecular flexibility index (Phi) is 6.54. The number of rotatable bonds is 8. The van der Waals surface area contributed by atoms with Crippen molar-refractivity contribution in [3.8, 4) is 0 Å². The van der Waals surface area contributed by atoms with Crippen molar-refractivity contribution < 1.29 is 18.7 Å². The van der Waals surface area contributed by atoms with Crippen molar-refractivity contribution in [3.05, 3.63) is 57.8 Å². The molecule has 1 atom stereocenters. The number of ether oxygens (including phenoxy) is 1. The highest BCUT2D eigenvalue weighted by atomic mass is 32.1. The summed E-state index contributed by atoms with van der Waals surface area (Å²) < 4.78 is 10.9. The van der Waals surface area contributed by atoms with Crippen molar-refractivity contribution in [2.45, 2.75) is 51.2 Å². The van der Waals surface area contributed by atoms with Crippen LogP contribution in [0.25, 0.3) is 0 Å². The molecule has 4 rings (SSSR count). The average Bonchev–Trinajstić information content (AvgIpc) is 3.50. The Balaban J connectivity index is 1.69. The molecule has 0 spiro atoms. The van der Waals surface area contributed by atoms with Crippen molar-refractivity contribution >= 4 is 23.3 Å². The molecule has 0 unspecified atom stereocenters. The normalized spacial score (nSPS) is 19.8. The SMILES string of the molecule is CCOC(=O)C1=C(CN(Cc2ccco2)C2CCCC2)NC(=O)N[C@H]1c1cccs1. The van der Waals surface area contributed by atoms with Crippen LogP contribution in [0.5, 0.6) is 0 Å². The maximum atomic E-state index is 12.9. The molecule has 2 N–H and O–H groups in total. The molecule has 1 aliphatic carbocycles. The van der Waals surface area contributed by atoms with Crippen molar-refractivity contribution in [1.29, 1.82) is 0 Å². The van der Waals surface area contributed by atoms with E-state index >= 15 is 0 Å². The highest BCUT2D eigenvalue weighted by molar-refractivity contribution is 7.10. The van der Waals surface area contributed by atoms with E-state index in [1.165, 1.54) is 24.2 Å². The second-order valence-corrected chi connectivity index (χ2v) is 8.56.